The molecule has 2 aromatic carbocycles. The van der Waals surface area contributed by atoms with Crippen molar-refractivity contribution < 1.29 is 14.3 Å². The number of carbonyl (C=O) groups excluding carboxylic acids is 2. The summed E-state index contributed by atoms with van der Waals surface area (Å²) in [6.45, 7) is 1.99. The Hall–Kier alpha value is -2.82. The van der Waals surface area contributed by atoms with E-state index in [0.29, 0.717) is 17.7 Å². The molecule has 0 fully saturated rings. The average molecular weight is 312 g/mol. The Morgan fingerprint density at radius 1 is 1.17 bits per heavy atom. The van der Waals surface area contributed by atoms with Crippen LogP contribution in [0.1, 0.15) is 35.2 Å². The fourth-order valence-electron chi connectivity index (χ4n) is 2.27. The molecule has 120 valence electrons. The molecular weight excluding hydrogens is 292 g/mol. The van der Waals surface area contributed by atoms with Crippen molar-refractivity contribution in [1.82, 2.24) is 0 Å². The van der Waals surface area contributed by atoms with Crippen molar-refractivity contribution in [3.05, 3.63) is 59.7 Å². The number of anilines is 1. The number of rotatable bonds is 6. The number of primary amides is 1. The van der Waals surface area contributed by atoms with Crippen LogP contribution in [0, 0.1) is 0 Å². The molecule has 0 aromatic heterocycles. The summed E-state index contributed by atoms with van der Waals surface area (Å²) < 4.78 is 5.20. The number of amides is 2. The Bertz CT molecular complexity index is 696. The van der Waals surface area contributed by atoms with E-state index in [4.69, 9.17) is 10.5 Å². The molecule has 0 saturated heterocycles. The Balaban J connectivity index is 1.96. The van der Waals surface area contributed by atoms with Gasteiger partial charge >= 0.3 is 0 Å². The fraction of sp³-hybridized carbons (Fsp3) is 0.222. The fourth-order valence-corrected chi connectivity index (χ4v) is 2.27. The quantitative estimate of drug-likeness (QED) is 0.860. The van der Waals surface area contributed by atoms with Gasteiger partial charge < -0.3 is 15.8 Å². The molecule has 0 aliphatic rings. The Morgan fingerprint density at radius 2 is 1.87 bits per heavy atom. The third-order valence-corrected chi connectivity index (χ3v) is 3.61. The number of hydrogen-bond acceptors (Lipinski definition) is 3. The summed E-state index contributed by atoms with van der Waals surface area (Å²) in [5.74, 6) is 0.258. The molecule has 0 aliphatic heterocycles. The smallest absolute Gasteiger partial charge is 0.248 e. The highest BCUT2D eigenvalue weighted by atomic mass is 16.5. The van der Waals surface area contributed by atoms with Gasteiger partial charge in [0.15, 0.2) is 0 Å². The van der Waals surface area contributed by atoms with Gasteiger partial charge in [-0.1, -0.05) is 19.1 Å². The summed E-state index contributed by atoms with van der Waals surface area (Å²) in [4.78, 5) is 23.1. The predicted octanol–water partition coefficient (Wildman–Crippen LogP) is 2.93. The molecule has 0 spiro atoms. The third-order valence-electron chi connectivity index (χ3n) is 3.61. The average Bonchev–Trinajstić information content (AvgIpc) is 2.55. The second-order valence-electron chi connectivity index (χ2n) is 5.37. The van der Waals surface area contributed by atoms with E-state index in [9.17, 15) is 9.59 Å². The van der Waals surface area contributed by atoms with Crippen LogP contribution in [0.25, 0.3) is 0 Å². The number of ether oxygens (including phenoxy) is 1. The number of carbonyl (C=O) groups is 2. The van der Waals surface area contributed by atoms with Gasteiger partial charge in [-0.15, -0.1) is 0 Å². The lowest BCUT2D eigenvalue weighted by molar-refractivity contribution is -0.116. The molecule has 5 heteroatoms. The zero-order valence-electron chi connectivity index (χ0n) is 13.2. The van der Waals surface area contributed by atoms with Gasteiger partial charge in [-0.2, -0.15) is 0 Å². The van der Waals surface area contributed by atoms with E-state index >= 15 is 0 Å². The SMILES string of the molecule is COc1cccc(C(C)CC(=O)Nc2ccc(C(N)=O)cc2)c1. The Kier molecular flexibility index (Phi) is 5.36. The Labute approximate surface area is 135 Å². The third kappa shape index (κ3) is 4.57. The van der Waals surface area contributed by atoms with Crippen molar-refractivity contribution in [3.8, 4) is 5.75 Å². The Morgan fingerprint density at radius 3 is 2.48 bits per heavy atom. The molecule has 0 bridgehead atoms. The first-order chi connectivity index (χ1) is 11.0. The minimum Gasteiger partial charge on any atom is -0.497 e. The van der Waals surface area contributed by atoms with Gasteiger partial charge in [0.25, 0.3) is 0 Å². The monoisotopic (exact) mass is 312 g/mol. The summed E-state index contributed by atoms with van der Waals surface area (Å²) in [5.41, 5.74) is 7.27. The second kappa shape index (κ2) is 7.45. The van der Waals surface area contributed by atoms with E-state index < -0.39 is 5.91 Å². The van der Waals surface area contributed by atoms with E-state index in [2.05, 4.69) is 5.32 Å². The number of hydrogen-bond donors (Lipinski definition) is 2. The maximum Gasteiger partial charge on any atom is 0.248 e. The number of nitrogens with one attached hydrogen (secondary N) is 1. The second-order valence-corrected chi connectivity index (χ2v) is 5.37. The normalized spacial score (nSPS) is 11.6. The van der Waals surface area contributed by atoms with Crippen LogP contribution in [0.4, 0.5) is 5.69 Å². The van der Waals surface area contributed by atoms with Crippen LogP contribution in [-0.4, -0.2) is 18.9 Å². The summed E-state index contributed by atoms with van der Waals surface area (Å²) in [6.07, 6.45) is 0.352. The van der Waals surface area contributed by atoms with Crippen molar-refractivity contribution in [3.63, 3.8) is 0 Å². The predicted molar refractivity (Wildman–Crippen MR) is 89.6 cm³/mol. The number of methoxy groups -OCH3 is 1. The molecule has 2 amide bonds. The summed E-state index contributed by atoms with van der Waals surface area (Å²) in [5, 5.41) is 2.82. The van der Waals surface area contributed by atoms with Crippen LogP contribution >= 0.6 is 0 Å². The van der Waals surface area contributed by atoms with Gasteiger partial charge in [-0.3, -0.25) is 9.59 Å². The van der Waals surface area contributed by atoms with Gasteiger partial charge in [0.2, 0.25) is 11.8 Å². The molecule has 5 nitrogen and oxygen atoms in total. The number of benzene rings is 2. The lowest BCUT2D eigenvalue weighted by Gasteiger charge is -2.13. The van der Waals surface area contributed by atoms with Gasteiger partial charge in [-0.05, 0) is 47.9 Å². The summed E-state index contributed by atoms with van der Waals surface area (Å²) in [6, 6.07) is 14.2. The van der Waals surface area contributed by atoms with Crippen LogP contribution in [0.15, 0.2) is 48.5 Å². The summed E-state index contributed by atoms with van der Waals surface area (Å²) >= 11 is 0. The van der Waals surface area contributed by atoms with Crippen molar-refractivity contribution in [1.29, 1.82) is 0 Å². The topological polar surface area (TPSA) is 81.4 Å². The summed E-state index contributed by atoms with van der Waals surface area (Å²) in [7, 11) is 1.62. The molecule has 2 rings (SSSR count). The van der Waals surface area contributed by atoms with E-state index in [1.54, 1.807) is 31.4 Å². The first kappa shape index (κ1) is 16.5. The zero-order chi connectivity index (χ0) is 16.8. The van der Waals surface area contributed by atoms with E-state index in [1.807, 2.05) is 31.2 Å². The minimum absolute atomic E-state index is 0.0648. The van der Waals surface area contributed by atoms with Gasteiger partial charge in [0.05, 0.1) is 7.11 Å². The van der Waals surface area contributed by atoms with E-state index in [0.717, 1.165) is 11.3 Å². The van der Waals surface area contributed by atoms with Crippen molar-refractivity contribution in [2.75, 3.05) is 12.4 Å². The number of nitrogens with two attached hydrogens (primary N) is 1. The molecule has 1 unspecified atom stereocenters. The molecule has 23 heavy (non-hydrogen) atoms. The lowest BCUT2D eigenvalue weighted by atomic mass is 9.97. The molecule has 0 radical (unpaired) electrons. The van der Waals surface area contributed by atoms with Gasteiger partial charge in [0, 0.05) is 17.7 Å². The molecule has 0 heterocycles. The molecule has 0 aliphatic carbocycles. The van der Waals surface area contributed by atoms with Crippen LogP contribution in [0.3, 0.4) is 0 Å². The van der Waals surface area contributed by atoms with Crippen molar-refractivity contribution in [2.24, 2.45) is 5.73 Å². The highest BCUT2D eigenvalue weighted by Gasteiger charge is 2.12. The van der Waals surface area contributed by atoms with Crippen molar-refractivity contribution in [2.45, 2.75) is 19.3 Å². The van der Waals surface area contributed by atoms with E-state index in [1.165, 1.54) is 0 Å². The molecule has 3 N–H and O–H groups in total. The largest absolute Gasteiger partial charge is 0.497 e. The zero-order valence-corrected chi connectivity index (χ0v) is 13.2. The van der Waals surface area contributed by atoms with Gasteiger partial charge in [0.1, 0.15) is 5.75 Å². The molecular formula is C18H20N2O3. The maximum absolute atomic E-state index is 12.1. The lowest BCUT2D eigenvalue weighted by Crippen LogP contribution is -2.15. The molecule has 1 atom stereocenters. The van der Waals surface area contributed by atoms with Crippen molar-refractivity contribution >= 4 is 17.5 Å². The highest BCUT2D eigenvalue weighted by molar-refractivity contribution is 5.94. The first-order valence-electron chi connectivity index (χ1n) is 7.33. The minimum atomic E-state index is -0.491. The van der Waals surface area contributed by atoms with E-state index in [-0.39, 0.29) is 11.8 Å². The van der Waals surface area contributed by atoms with Gasteiger partial charge in [-0.25, -0.2) is 0 Å². The highest BCUT2D eigenvalue weighted by Crippen LogP contribution is 2.23. The molecule has 2 aromatic rings. The first-order valence-corrected chi connectivity index (χ1v) is 7.33. The van der Waals surface area contributed by atoms with Crippen LogP contribution < -0.4 is 15.8 Å². The van der Waals surface area contributed by atoms with Crippen LogP contribution in [0.2, 0.25) is 0 Å². The maximum atomic E-state index is 12.1. The standard InChI is InChI=1S/C18H20N2O3/c1-12(14-4-3-5-16(11-14)23-2)10-17(21)20-15-8-6-13(7-9-15)18(19)22/h3-9,11-12H,10H2,1-2H3,(H2,19,22)(H,20,21). The van der Waals surface area contributed by atoms with Crippen LogP contribution in [0.5, 0.6) is 5.75 Å². The van der Waals surface area contributed by atoms with Crippen LogP contribution in [-0.2, 0) is 4.79 Å². The molecule has 0 saturated carbocycles.